The van der Waals surface area contributed by atoms with Crippen molar-refractivity contribution in [1.82, 2.24) is 0 Å². The molecule has 0 fully saturated rings. The van der Waals surface area contributed by atoms with Gasteiger partial charge in [-0.25, -0.2) is 0 Å². The molecule has 0 atom stereocenters. The number of hydrogen-bond acceptors (Lipinski definition) is 2. The van der Waals surface area contributed by atoms with Crippen LogP contribution in [0.2, 0.25) is 0 Å². The fraction of sp³-hybridized carbons (Fsp3) is 0.364. The molecule has 1 aromatic carbocycles. The van der Waals surface area contributed by atoms with Gasteiger partial charge in [0.05, 0.1) is 0 Å². The molecule has 0 heterocycles. The van der Waals surface area contributed by atoms with Gasteiger partial charge >= 0.3 is 0 Å². The zero-order valence-electron chi connectivity index (χ0n) is 8.76. The van der Waals surface area contributed by atoms with Crippen LogP contribution in [-0.2, 0) is 9.53 Å². The van der Waals surface area contributed by atoms with Gasteiger partial charge in [-0.15, -0.1) is 0 Å². The van der Waals surface area contributed by atoms with Crippen LogP contribution in [0.15, 0.2) is 18.2 Å². The van der Waals surface area contributed by atoms with Crippen molar-refractivity contribution in [3.63, 3.8) is 0 Å². The maximum atomic E-state index is 11.2. The summed E-state index contributed by atoms with van der Waals surface area (Å²) < 4.78 is 4.73. The van der Waals surface area contributed by atoms with Gasteiger partial charge in [0.15, 0.2) is 0 Å². The van der Waals surface area contributed by atoms with Gasteiger partial charge in [-0.05, 0) is 31.0 Å². The van der Waals surface area contributed by atoms with Crippen molar-refractivity contribution in [3.8, 4) is 0 Å². The number of carbonyl (C=O) groups is 1. The third-order valence-corrected chi connectivity index (χ3v) is 1.94. The van der Waals surface area contributed by atoms with Crippen molar-refractivity contribution >= 4 is 11.6 Å². The van der Waals surface area contributed by atoms with Crippen LogP contribution in [0.4, 0.5) is 5.69 Å². The molecule has 0 bridgehead atoms. The third kappa shape index (κ3) is 2.85. The van der Waals surface area contributed by atoms with Crippen molar-refractivity contribution in [3.05, 3.63) is 29.3 Å². The van der Waals surface area contributed by atoms with Crippen LogP contribution in [0.25, 0.3) is 0 Å². The topological polar surface area (TPSA) is 38.3 Å². The number of carbonyl (C=O) groups excluding carboxylic acids is 1. The SMILES string of the molecule is COCC(=O)Nc1cc(C)ccc1C. The minimum absolute atomic E-state index is 0.0907. The Morgan fingerprint density at radius 2 is 2.14 bits per heavy atom. The first-order valence-electron chi connectivity index (χ1n) is 4.49. The van der Waals surface area contributed by atoms with Crippen LogP contribution in [0.1, 0.15) is 11.1 Å². The summed E-state index contributed by atoms with van der Waals surface area (Å²) in [5, 5.41) is 2.79. The van der Waals surface area contributed by atoms with E-state index in [2.05, 4.69) is 5.32 Å². The van der Waals surface area contributed by atoms with E-state index >= 15 is 0 Å². The molecule has 0 spiro atoms. The first-order chi connectivity index (χ1) is 6.63. The Balaban J connectivity index is 2.75. The van der Waals surface area contributed by atoms with Gasteiger partial charge in [0, 0.05) is 12.8 Å². The smallest absolute Gasteiger partial charge is 0.250 e. The van der Waals surface area contributed by atoms with E-state index in [4.69, 9.17) is 4.74 Å². The molecule has 1 rings (SSSR count). The van der Waals surface area contributed by atoms with E-state index in [9.17, 15) is 4.79 Å². The lowest BCUT2D eigenvalue weighted by Crippen LogP contribution is -2.17. The molecule has 1 aromatic rings. The van der Waals surface area contributed by atoms with E-state index < -0.39 is 0 Å². The van der Waals surface area contributed by atoms with Crippen molar-refractivity contribution in [2.24, 2.45) is 0 Å². The van der Waals surface area contributed by atoms with Gasteiger partial charge in [-0.3, -0.25) is 4.79 Å². The Morgan fingerprint density at radius 3 is 2.79 bits per heavy atom. The monoisotopic (exact) mass is 193 g/mol. The molecular weight excluding hydrogens is 178 g/mol. The van der Waals surface area contributed by atoms with Gasteiger partial charge in [-0.2, -0.15) is 0 Å². The number of ether oxygens (including phenoxy) is 1. The number of hydrogen-bond donors (Lipinski definition) is 1. The lowest BCUT2D eigenvalue weighted by Gasteiger charge is -2.08. The van der Waals surface area contributed by atoms with Crippen LogP contribution in [0.3, 0.4) is 0 Å². The molecule has 76 valence electrons. The maximum Gasteiger partial charge on any atom is 0.250 e. The number of methoxy groups -OCH3 is 1. The summed E-state index contributed by atoms with van der Waals surface area (Å²) in [5.74, 6) is -0.124. The Hall–Kier alpha value is -1.35. The molecule has 0 unspecified atom stereocenters. The summed E-state index contributed by atoms with van der Waals surface area (Å²) in [4.78, 5) is 11.2. The third-order valence-electron chi connectivity index (χ3n) is 1.94. The highest BCUT2D eigenvalue weighted by Gasteiger charge is 2.03. The van der Waals surface area contributed by atoms with E-state index in [-0.39, 0.29) is 12.5 Å². The minimum atomic E-state index is -0.124. The lowest BCUT2D eigenvalue weighted by atomic mass is 10.1. The Bertz CT molecular complexity index is 334. The Kier molecular flexibility index (Phi) is 3.65. The first-order valence-corrected chi connectivity index (χ1v) is 4.49. The first kappa shape index (κ1) is 10.7. The number of amides is 1. The molecule has 0 radical (unpaired) electrons. The number of benzene rings is 1. The highest BCUT2D eigenvalue weighted by molar-refractivity contribution is 5.92. The Labute approximate surface area is 84.1 Å². The summed E-state index contributed by atoms with van der Waals surface area (Å²) in [5.41, 5.74) is 3.04. The molecular formula is C11H15NO2. The molecule has 0 saturated carbocycles. The molecule has 1 N–H and O–H groups in total. The van der Waals surface area contributed by atoms with E-state index in [0.29, 0.717) is 0 Å². The predicted molar refractivity (Wildman–Crippen MR) is 56.4 cm³/mol. The van der Waals surface area contributed by atoms with E-state index in [1.807, 2.05) is 32.0 Å². The van der Waals surface area contributed by atoms with Gasteiger partial charge in [0.2, 0.25) is 5.91 Å². The van der Waals surface area contributed by atoms with Gasteiger partial charge in [0.1, 0.15) is 6.61 Å². The quantitative estimate of drug-likeness (QED) is 0.796. The van der Waals surface area contributed by atoms with E-state index in [1.165, 1.54) is 7.11 Å². The average Bonchev–Trinajstić information content (AvgIpc) is 2.12. The number of nitrogens with one attached hydrogen (secondary N) is 1. The van der Waals surface area contributed by atoms with E-state index in [1.54, 1.807) is 0 Å². The molecule has 3 heteroatoms. The number of anilines is 1. The van der Waals surface area contributed by atoms with Gasteiger partial charge < -0.3 is 10.1 Å². The van der Waals surface area contributed by atoms with Gasteiger partial charge in [-0.1, -0.05) is 12.1 Å². The molecule has 0 aliphatic rings. The molecule has 0 aromatic heterocycles. The molecule has 3 nitrogen and oxygen atoms in total. The second kappa shape index (κ2) is 4.77. The molecule has 14 heavy (non-hydrogen) atoms. The highest BCUT2D eigenvalue weighted by Crippen LogP contribution is 2.15. The summed E-state index contributed by atoms with van der Waals surface area (Å²) in [6.07, 6.45) is 0. The summed E-state index contributed by atoms with van der Waals surface area (Å²) >= 11 is 0. The van der Waals surface area contributed by atoms with Crippen molar-refractivity contribution in [2.75, 3.05) is 19.0 Å². The van der Waals surface area contributed by atoms with Crippen LogP contribution in [-0.4, -0.2) is 19.6 Å². The fourth-order valence-corrected chi connectivity index (χ4v) is 1.19. The second-order valence-corrected chi connectivity index (χ2v) is 3.30. The van der Waals surface area contributed by atoms with E-state index in [0.717, 1.165) is 16.8 Å². The summed E-state index contributed by atoms with van der Waals surface area (Å²) in [6, 6.07) is 5.95. The normalized spacial score (nSPS) is 9.93. The molecule has 1 amide bonds. The van der Waals surface area contributed by atoms with Crippen molar-refractivity contribution in [1.29, 1.82) is 0 Å². The van der Waals surface area contributed by atoms with Crippen LogP contribution in [0.5, 0.6) is 0 Å². The zero-order chi connectivity index (χ0) is 10.6. The molecule has 0 saturated heterocycles. The van der Waals surface area contributed by atoms with Gasteiger partial charge in [0.25, 0.3) is 0 Å². The lowest BCUT2D eigenvalue weighted by molar-refractivity contribution is -0.119. The van der Waals surface area contributed by atoms with Crippen molar-refractivity contribution < 1.29 is 9.53 Å². The largest absolute Gasteiger partial charge is 0.375 e. The minimum Gasteiger partial charge on any atom is -0.375 e. The van der Waals surface area contributed by atoms with Crippen LogP contribution in [0, 0.1) is 13.8 Å². The van der Waals surface area contributed by atoms with Crippen LogP contribution >= 0.6 is 0 Å². The maximum absolute atomic E-state index is 11.2. The molecule has 0 aliphatic heterocycles. The van der Waals surface area contributed by atoms with Crippen LogP contribution < -0.4 is 5.32 Å². The average molecular weight is 193 g/mol. The fourth-order valence-electron chi connectivity index (χ4n) is 1.19. The Morgan fingerprint density at radius 1 is 1.43 bits per heavy atom. The predicted octanol–water partition coefficient (Wildman–Crippen LogP) is 1.89. The number of rotatable bonds is 3. The number of aryl methyl sites for hydroxylation is 2. The zero-order valence-corrected chi connectivity index (χ0v) is 8.76. The summed E-state index contributed by atoms with van der Waals surface area (Å²) in [7, 11) is 1.50. The second-order valence-electron chi connectivity index (χ2n) is 3.30. The standard InChI is InChI=1S/C11H15NO2/c1-8-4-5-9(2)10(6-8)12-11(13)7-14-3/h4-6H,7H2,1-3H3,(H,12,13). The molecule has 0 aliphatic carbocycles. The van der Waals surface area contributed by atoms with Crippen molar-refractivity contribution in [2.45, 2.75) is 13.8 Å². The summed E-state index contributed by atoms with van der Waals surface area (Å²) in [6.45, 7) is 4.04. The highest BCUT2D eigenvalue weighted by atomic mass is 16.5.